The van der Waals surface area contributed by atoms with Crippen LogP contribution in [0.15, 0.2) is 0 Å². The van der Waals surface area contributed by atoms with E-state index < -0.39 is 0 Å². The van der Waals surface area contributed by atoms with Crippen molar-refractivity contribution in [2.75, 3.05) is 81.6 Å². The average molecular weight is 401 g/mol. The molecule has 0 saturated carbocycles. The summed E-state index contributed by atoms with van der Waals surface area (Å²) in [5, 5.41) is 0. The van der Waals surface area contributed by atoms with Crippen LogP contribution in [0, 0.1) is 23.7 Å². The van der Waals surface area contributed by atoms with Crippen molar-refractivity contribution in [3.05, 3.63) is 0 Å². The predicted molar refractivity (Wildman–Crippen MR) is 127 cm³/mol. The molecule has 1 atom stereocenters. The van der Waals surface area contributed by atoms with Gasteiger partial charge in [0, 0.05) is 37.0 Å². The van der Waals surface area contributed by atoms with E-state index in [2.05, 4.69) is 83.8 Å². The fourth-order valence-corrected chi connectivity index (χ4v) is 5.14. The number of quaternary nitrogens is 3. The molecule has 0 bridgehead atoms. The highest BCUT2D eigenvalue weighted by atomic mass is 15.3. The van der Waals surface area contributed by atoms with Crippen LogP contribution >= 0.6 is 0 Å². The van der Waals surface area contributed by atoms with Gasteiger partial charge in [-0.3, -0.25) is 0 Å². The van der Waals surface area contributed by atoms with E-state index in [1.807, 2.05) is 0 Å². The number of hydrogen-bond donors (Lipinski definition) is 0. The predicted octanol–water partition coefficient (Wildman–Crippen LogP) is 4.97. The first kappa shape index (κ1) is 27.9. The van der Waals surface area contributed by atoms with E-state index >= 15 is 0 Å². The summed E-state index contributed by atoms with van der Waals surface area (Å²) < 4.78 is 3.65. The van der Waals surface area contributed by atoms with Gasteiger partial charge in [0.25, 0.3) is 0 Å². The van der Waals surface area contributed by atoms with Gasteiger partial charge in [0.2, 0.25) is 0 Å². The molecular formula is C25H58N3+3. The molecule has 0 aliphatic carbocycles. The Morgan fingerprint density at radius 3 is 1.50 bits per heavy atom. The molecule has 0 N–H and O–H groups in total. The molecule has 2 fully saturated rings. The van der Waals surface area contributed by atoms with Crippen molar-refractivity contribution in [1.82, 2.24) is 0 Å². The molecule has 0 amide bonds. The van der Waals surface area contributed by atoms with Gasteiger partial charge in [0.05, 0.1) is 81.6 Å². The summed E-state index contributed by atoms with van der Waals surface area (Å²) in [6, 6.07) is 0. The molecule has 3 heteroatoms. The van der Waals surface area contributed by atoms with Crippen molar-refractivity contribution < 1.29 is 13.4 Å². The van der Waals surface area contributed by atoms with E-state index in [1.165, 1.54) is 67.5 Å². The molecule has 3 nitrogen and oxygen atoms in total. The van der Waals surface area contributed by atoms with Gasteiger partial charge in [-0.05, 0) is 5.92 Å². The Morgan fingerprint density at radius 2 is 1.29 bits per heavy atom. The number of rotatable bonds is 5. The average Bonchev–Trinajstić information content (AvgIpc) is 3.02. The standard InChI is InChI=1S/2C9H20N.C7H18N/c1-8(2)9-5-6-10(3,4)7-9;1-9(2)8-10(3)6-4-5-7-10;1-7(2)6-8(3,4)5/h8-9H,5-7H2,1-4H3;9H,4-8H2,1-3H3;7H,6H2,1-5H3/q3*+1. The van der Waals surface area contributed by atoms with Gasteiger partial charge in [-0.1, -0.05) is 41.5 Å². The third kappa shape index (κ3) is 14.0. The molecule has 2 rings (SSSR count). The zero-order valence-electron chi connectivity index (χ0n) is 22.0. The molecule has 0 aromatic rings. The number of likely N-dealkylation sites (tertiary alicyclic amines) is 2. The lowest BCUT2D eigenvalue weighted by Gasteiger charge is -2.30. The van der Waals surface area contributed by atoms with Gasteiger partial charge in [-0.2, -0.15) is 0 Å². The Labute approximate surface area is 179 Å². The fourth-order valence-electron chi connectivity index (χ4n) is 5.14. The molecule has 2 aliphatic rings. The maximum Gasteiger partial charge on any atom is 0.0815 e. The molecule has 0 aromatic heterocycles. The van der Waals surface area contributed by atoms with Crippen LogP contribution in [-0.4, -0.2) is 95.0 Å². The molecular weight excluding hydrogens is 342 g/mol. The number of hydrogen-bond acceptors (Lipinski definition) is 0. The summed E-state index contributed by atoms with van der Waals surface area (Å²) in [5.74, 6) is 3.55. The van der Waals surface area contributed by atoms with Crippen LogP contribution in [0.25, 0.3) is 0 Å². The van der Waals surface area contributed by atoms with Crippen LogP contribution in [0.1, 0.15) is 60.8 Å². The molecule has 170 valence electrons. The zero-order chi connectivity index (χ0) is 22.2. The third-order valence-electron chi connectivity index (χ3n) is 6.14. The summed E-state index contributed by atoms with van der Waals surface area (Å²) in [6.45, 7) is 22.1. The second-order valence-corrected chi connectivity index (χ2v) is 12.9. The highest BCUT2D eigenvalue weighted by Crippen LogP contribution is 2.26. The minimum absolute atomic E-state index is 0.815. The van der Waals surface area contributed by atoms with Crippen LogP contribution in [-0.2, 0) is 0 Å². The SMILES string of the molecule is CC(C)C1CC[N+](C)(C)C1.CC(C)C[N+](C)(C)C.CC(C)C[N+]1(C)CCCC1. The normalized spacial score (nSPS) is 23.5. The minimum atomic E-state index is 0.815. The molecule has 0 spiro atoms. The van der Waals surface area contributed by atoms with Crippen LogP contribution in [0.5, 0.6) is 0 Å². The Kier molecular flexibility index (Phi) is 11.9. The molecule has 2 heterocycles. The Bertz CT molecular complexity index is 399. The largest absolute Gasteiger partial charge is 0.331 e. The summed E-state index contributed by atoms with van der Waals surface area (Å²) in [4.78, 5) is 0. The maximum absolute atomic E-state index is 2.40. The van der Waals surface area contributed by atoms with Crippen molar-refractivity contribution >= 4 is 0 Å². The summed E-state index contributed by atoms with van der Waals surface area (Å²) in [7, 11) is 13.7. The molecule has 1 unspecified atom stereocenters. The van der Waals surface area contributed by atoms with Crippen molar-refractivity contribution in [2.45, 2.75) is 60.8 Å². The van der Waals surface area contributed by atoms with Gasteiger partial charge < -0.3 is 13.4 Å². The Balaban J connectivity index is 0.000000394. The smallest absolute Gasteiger partial charge is 0.0815 e. The molecule has 0 radical (unpaired) electrons. The van der Waals surface area contributed by atoms with Crippen LogP contribution in [0.4, 0.5) is 0 Å². The van der Waals surface area contributed by atoms with Crippen molar-refractivity contribution in [1.29, 1.82) is 0 Å². The molecule has 28 heavy (non-hydrogen) atoms. The quantitative estimate of drug-likeness (QED) is 0.572. The first-order valence-electron chi connectivity index (χ1n) is 12.0. The van der Waals surface area contributed by atoms with Crippen molar-refractivity contribution in [2.24, 2.45) is 23.7 Å². The second-order valence-electron chi connectivity index (χ2n) is 12.9. The zero-order valence-corrected chi connectivity index (χ0v) is 22.0. The molecule has 0 aromatic carbocycles. The van der Waals surface area contributed by atoms with Crippen LogP contribution < -0.4 is 0 Å². The lowest BCUT2D eigenvalue weighted by Crippen LogP contribution is -2.43. The van der Waals surface area contributed by atoms with E-state index in [1.54, 1.807) is 0 Å². The first-order chi connectivity index (χ1) is 12.6. The van der Waals surface area contributed by atoms with Crippen LogP contribution in [0.2, 0.25) is 0 Å². The van der Waals surface area contributed by atoms with Gasteiger partial charge in [0.1, 0.15) is 0 Å². The minimum Gasteiger partial charge on any atom is -0.331 e. The van der Waals surface area contributed by atoms with E-state index in [4.69, 9.17) is 0 Å². The topological polar surface area (TPSA) is 0 Å². The highest BCUT2D eigenvalue weighted by molar-refractivity contribution is 4.67. The highest BCUT2D eigenvalue weighted by Gasteiger charge is 2.32. The monoisotopic (exact) mass is 400 g/mol. The summed E-state index contributed by atoms with van der Waals surface area (Å²) >= 11 is 0. The summed E-state index contributed by atoms with van der Waals surface area (Å²) in [6.07, 6.45) is 4.33. The van der Waals surface area contributed by atoms with Crippen molar-refractivity contribution in [3.8, 4) is 0 Å². The van der Waals surface area contributed by atoms with Gasteiger partial charge in [-0.25, -0.2) is 0 Å². The number of nitrogens with zero attached hydrogens (tertiary/aromatic N) is 3. The fraction of sp³-hybridized carbons (Fsp3) is 1.00. The lowest BCUT2D eigenvalue weighted by molar-refractivity contribution is -0.900. The van der Waals surface area contributed by atoms with Crippen LogP contribution in [0.3, 0.4) is 0 Å². The van der Waals surface area contributed by atoms with Gasteiger partial charge >= 0.3 is 0 Å². The third-order valence-corrected chi connectivity index (χ3v) is 6.14. The Morgan fingerprint density at radius 1 is 0.786 bits per heavy atom. The van der Waals surface area contributed by atoms with E-state index in [-0.39, 0.29) is 0 Å². The molecule has 2 saturated heterocycles. The maximum atomic E-state index is 2.40. The van der Waals surface area contributed by atoms with Crippen molar-refractivity contribution in [3.63, 3.8) is 0 Å². The van der Waals surface area contributed by atoms with Gasteiger partial charge in [0.15, 0.2) is 0 Å². The van der Waals surface area contributed by atoms with E-state index in [0.717, 1.165) is 28.2 Å². The second kappa shape index (κ2) is 11.9. The van der Waals surface area contributed by atoms with Gasteiger partial charge in [-0.15, -0.1) is 0 Å². The Hall–Kier alpha value is -0.120. The summed E-state index contributed by atoms with van der Waals surface area (Å²) in [5.41, 5.74) is 0. The van der Waals surface area contributed by atoms with E-state index in [9.17, 15) is 0 Å². The lowest BCUT2D eigenvalue weighted by atomic mass is 9.95. The molecule has 2 aliphatic heterocycles. The van der Waals surface area contributed by atoms with E-state index in [0.29, 0.717) is 0 Å². The first-order valence-corrected chi connectivity index (χ1v) is 12.0.